The number of rotatable bonds is 14. The summed E-state index contributed by atoms with van der Waals surface area (Å²) in [5, 5.41) is 0. The van der Waals surface area contributed by atoms with Crippen molar-refractivity contribution in [3.8, 4) is 17.2 Å². The number of aryl methyl sites for hydroxylation is 1. The van der Waals surface area contributed by atoms with Crippen LogP contribution in [0.3, 0.4) is 0 Å². The van der Waals surface area contributed by atoms with Crippen molar-refractivity contribution in [2.75, 3.05) is 13.2 Å². The van der Waals surface area contributed by atoms with Crippen molar-refractivity contribution in [3.63, 3.8) is 0 Å². The normalized spacial score (nSPS) is 10.7. The fourth-order valence-electron chi connectivity index (χ4n) is 3.46. The summed E-state index contributed by atoms with van der Waals surface area (Å²) in [6.45, 7) is 8.12. The van der Waals surface area contributed by atoms with E-state index in [4.69, 9.17) is 18.9 Å². The molecule has 0 bridgehead atoms. The molecule has 7 nitrogen and oxygen atoms in total. The van der Waals surface area contributed by atoms with Crippen LogP contribution in [-0.2, 0) is 14.3 Å². The van der Waals surface area contributed by atoms with Gasteiger partial charge >= 0.3 is 17.9 Å². The van der Waals surface area contributed by atoms with Crippen molar-refractivity contribution in [2.45, 2.75) is 39.5 Å². The third-order valence-corrected chi connectivity index (χ3v) is 5.72. The van der Waals surface area contributed by atoms with Gasteiger partial charge in [-0.1, -0.05) is 36.4 Å². The van der Waals surface area contributed by atoms with Crippen molar-refractivity contribution >= 4 is 24.0 Å². The van der Waals surface area contributed by atoms with E-state index >= 15 is 0 Å². The summed E-state index contributed by atoms with van der Waals surface area (Å²) in [6, 6.07) is 20.7. The van der Waals surface area contributed by atoms with Crippen LogP contribution < -0.4 is 14.2 Å². The van der Waals surface area contributed by atoms with E-state index in [1.165, 1.54) is 6.08 Å². The van der Waals surface area contributed by atoms with Gasteiger partial charge < -0.3 is 18.9 Å². The minimum atomic E-state index is -0.510. The molecule has 0 N–H and O–H groups in total. The van der Waals surface area contributed by atoms with Gasteiger partial charge in [-0.05, 0) is 99.7 Å². The Bertz CT molecular complexity index is 1300. The van der Waals surface area contributed by atoms with E-state index in [2.05, 4.69) is 6.58 Å². The molecule has 0 aliphatic carbocycles. The van der Waals surface area contributed by atoms with Crippen molar-refractivity contribution in [2.24, 2.45) is 0 Å². The van der Waals surface area contributed by atoms with Gasteiger partial charge in [0.25, 0.3) is 0 Å². The molecule has 3 aromatic rings. The topological polar surface area (TPSA) is 88.1 Å². The van der Waals surface area contributed by atoms with E-state index in [0.29, 0.717) is 41.6 Å². The van der Waals surface area contributed by atoms with Crippen LogP contribution >= 0.6 is 0 Å². The van der Waals surface area contributed by atoms with Crippen molar-refractivity contribution in [1.82, 2.24) is 0 Å². The zero-order valence-electron chi connectivity index (χ0n) is 22.9. The van der Waals surface area contributed by atoms with Crippen LogP contribution in [0.5, 0.6) is 17.2 Å². The van der Waals surface area contributed by atoms with E-state index < -0.39 is 11.9 Å². The molecular weight excluding hydrogens is 508 g/mol. The monoisotopic (exact) mass is 542 g/mol. The molecular formula is C33H34O7. The first-order chi connectivity index (χ1) is 19.3. The zero-order valence-corrected chi connectivity index (χ0v) is 22.9. The Morgan fingerprint density at radius 2 is 1.30 bits per heavy atom. The number of esters is 3. The number of ether oxygens (including phenoxy) is 4. The Balaban J connectivity index is 1.35. The minimum Gasteiger partial charge on any atom is -0.494 e. The Kier molecular flexibility index (Phi) is 11.7. The summed E-state index contributed by atoms with van der Waals surface area (Å²) in [5.74, 6) is -0.0382. The van der Waals surface area contributed by atoms with Crippen LogP contribution in [0.25, 0.3) is 6.08 Å². The summed E-state index contributed by atoms with van der Waals surface area (Å²) in [4.78, 5) is 35.9. The molecule has 3 rings (SSSR count). The Morgan fingerprint density at radius 1 is 0.725 bits per heavy atom. The molecule has 0 aliphatic rings. The molecule has 7 heteroatoms. The molecule has 0 unspecified atom stereocenters. The second-order valence-electron chi connectivity index (χ2n) is 9.23. The first-order valence-electron chi connectivity index (χ1n) is 13.1. The smallest absolute Gasteiger partial charge is 0.343 e. The van der Waals surface area contributed by atoms with Crippen molar-refractivity contribution in [1.29, 1.82) is 0 Å². The van der Waals surface area contributed by atoms with Gasteiger partial charge in [-0.3, -0.25) is 0 Å². The molecule has 0 aliphatic heterocycles. The van der Waals surface area contributed by atoms with Crippen LogP contribution in [-0.4, -0.2) is 31.1 Å². The Labute approximate surface area is 235 Å². The predicted octanol–water partition coefficient (Wildman–Crippen LogP) is 6.89. The molecule has 3 aromatic carbocycles. The lowest BCUT2D eigenvalue weighted by Crippen LogP contribution is -2.08. The van der Waals surface area contributed by atoms with E-state index in [9.17, 15) is 14.4 Å². The maximum Gasteiger partial charge on any atom is 0.343 e. The largest absolute Gasteiger partial charge is 0.494 e. The number of unbranched alkanes of at least 4 members (excludes halogenated alkanes) is 3. The van der Waals surface area contributed by atoms with Crippen molar-refractivity contribution < 1.29 is 33.3 Å². The summed E-state index contributed by atoms with van der Waals surface area (Å²) < 4.78 is 21.5. The number of hydrogen-bond donors (Lipinski definition) is 0. The molecule has 0 fully saturated rings. The molecule has 0 saturated carbocycles. The molecule has 0 spiro atoms. The highest BCUT2D eigenvalue weighted by Gasteiger charge is 2.10. The number of benzene rings is 3. The number of carbonyl (C=O) groups excluding carboxylic acids is 3. The molecule has 40 heavy (non-hydrogen) atoms. The SMILES string of the molecule is C=C(C)C(=O)OCCCCCCOc1ccc(C(=O)Oc2ccc(OC(=O)/C=C/c3ccc(C)cc3)cc2)cc1. The fraction of sp³-hybridized carbons (Fsp3) is 0.242. The minimum absolute atomic E-state index is 0.328. The van der Waals surface area contributed by atoms with Gasteiger partial charge in [-0.2, -0.15) is 0 Å². The lowest BCUT2D eigenvalue weighted by Gasteiger charge is -2.08. The Hall–Kier alpha value is -4.65. The van der Waals surface area contributed by atoms with Gasteiger partial charge in [0.15, 0.2) is 0 Å². The maximum atomic E-state index is 12.5. The van der Waals surface area contributed by atoms with Gasteiger partial charge in [0.05, 0.1) is 18.8 Å². The van der Waals surface area contributed by atoms with Gasteiger partial charge in [0, 0.05) is 11.6 Å². The first-order valence-corrected chi connectivity index (χ1v) is 13.1. The lowest BCUT2D eigenvalue weighted by molar-refractivity contribution is -0.139. The molecule has 0 radical (unpaired) electrons. The highest BCUT2D eigenvalue weighted by molar-refractivity contribution is 5.91. The average molecular weight is 543 g/mol. The van der Waals surface area contributed by atoms with Crippen LogP contribution in [0.4, 0.5) is 0 Å². The van der Waals surface area contributed by atoms with Crippen molar-refractivity contribution in [3.05, 3.63) is 108 Å². The van der Waals surface area contributed by atoms with Gasteiger partial charge in [0.2, 0.25) is 0 Å². The van der Waals surface area contributed by atoms with E-state index in [0.717, 1.165) is 36.8 Å². The second kappa shape index (κ2) is 15.7. The van der Waals surface area contributed by atoms with E-state index in [1.807, 2.05) is 31.2 Å². The molecule has 0 atom stereocenters. The molecule has 0 heterocycles. The highest BCUT2D eigenvalue weighted by atomic mass is 16.5. The van der Waals surface area contributed by atoms with Crippen LogP contribution in [0.15, 0.2) is 91.0 Å². The van der Waals surface area contributed by atoms with E-state index in [-0.39, 0.29) is 5.97 Å². The molecule has 0 saturated heterocycles. The van der Waals surface area contributed by atoms with Gasteiger partial charge in [-0.15, -0.1) is 0 Å². The molecule has 208 valence electrons. The van der Waals surface area contributed by atoms with Gasteiger partial charge in [0.1, 0.15) is 17.2 Å². The summed E-state index contributed by atoms with van der Waals surface area (Å²) in [6.07, 6.45) is 6.61. The average Bonchev–Trinajstić information content (AvgIpc) is 2.95. The van der Waals surface area contributed by atoms with Crippen LogP contribution in [0, 0.1) is 6.92 Å². The third kappa shape index (κ3) is 10.6. The first kappa shape index (κ1) is 29.9. The third-order valence-electron chi connectivity index (χ3n) is 5.72. The summed E-state index contributed by atoms with van der Waals surface area (Å²) in [5.41, 5.74) is 2.83. The van der Waals surface area contributed by atoms with E-state index in [1.54, 1.807) is 61.5 Å². The highest BCUT2D eigenvalue weighted by Crippen LogP contribution is 2.20. The van der Waals surface area contributed by atoms with Crippen LogP contribution in [0.2, 0.25) is 0 Å². The zero-order chi connectivity index (χ0) is 28.7. The van der Waals surface area contributed by atoms with Crippen LogP contribution in [0.1, 0.15) is 54.1 Å². The molecule has 0 aromatic heterocycles. The maximum absolute atomic E-state index is 12.5. The standard InChI is InChI=1S/C33H34O7/c1-24(2)32(35)38-23-7-5-4-6-22-37-28-15-13-27(14-16-28)33(36)40-30-19-17-29(18-20-30)39-31(34)21-12-26-10-8-25(3)9-11-26/h8-21H,1,4-7,22-23H2,2-3H3/b21-12+. The summed E-state index contributed by atoms with van der Waals surface area (Å²) in [7, 11) is 0. The Morgan fingerprint density at radius 3 is 1.93 bits per heavy atom. The predicted molar refractivity (Wildman–Crippen MR) is 153 cm³/mol. The molecule has 0 amide bonds. The lowest BCUT2D eigenvalue weighted by atomic mass is 10.1. The fourth-order valence-corrected chi connectivity index (χ4v) is 3.46. The quantitative estimate of drug-likeness (QED) is 0.0948. The summed E-state index contributed by atoms with van der Waals surface area (Å²) >= 11 is 0. The number of carbonyl (C=O) groups is 3. The second-order valence-corrected chi connectivity index (χ2v) is 9.23. The van der Waals surface area contributed by atoms with Gasteiger partial charge in [-0.25, -0.2) is 14.4 Å². The number of hydrogen-bond acceptors (Lipinski definition) is 7.